The molecule has 0 atom stereocenters. The van der Waals surface area contributed by atoms with Crippen LogP contribution in [0.4, 0.5) is 5.82 Å². The van der Waals surface area contributed by atoms with Gasteiger partial charge in [0.05, 0.1) is 6.54 Å². The minimum Gasteiger partial charge on any atom is -0.782 e. The SMILES string of the molecule is C/C(=C(/[S-])CCO)N(C=O)Cc1cnc(C)nc1N.[Na+]. The first-order chi connectivity index (χ1) is 8.99. The van der Waals surface area contributed by atoms with E-state index < -0.39 is 0 Å². The molecule has 0 radical (unpaired) electrons. The van der Waals surface area contributed by atoms with Crippen molar-refractivity contribution >= 4 is 24.9 Å². The van der Waals surface area contributed by atoms with Crippen LogP contribution in [0, 0.1) is 6.92 Å². The maximum Gasteiger partial charge on any atom is 1.00 e. The topological polar surface area (TPSA) is 92.3 Å². The molecule has 0 unspecified atom stereocenters. The first-order valence-electron chi connectivity index (χ1n) is 5.77. The van der Waals surface area contributed by atoms with E-state index in [-0.39, 0.29) is 42.7 Å². The summed E-state index contributed by atoms with van der Waals surface area (Å²) < 4.78 is 0. The number of rotatable bonds is 6. The van der Waals surface area contributed by atoms with Gasteiger partial charge in [0.25, 0.3) is 0 Å². The zero-order chi connectivity index (χ0) is 14.4. The number of aliphatic hydroxyl groups excluding tert-OH is 1. The Bertz CT molecular complexity index is 496. The molecule has 1 heterocycles. The summed E-state index contributed by atoms with van der Waals surface area (Å²) >= 11 is 5.13. The number of amides is 1. The molecule has 0 aliphatic heterocycles. The Balaban J connectivity index is 0.00000361. The third-order valence-corrected chi connectivity index (χ3v) is 3.16. The van der Waals surface area contributed by atoms with Crippen LogP contribution in [0.25, 0.3) is 0 Å². The number of carbonyl (C=O) groups excluding carboxylic acids is 1. The minimum atomic E-state index is -0.0430. The Morgan fingerprint density at radius 3 is 2.75 bits per heavy atom. The van der Waals surface area contributed by atoms with Crippen molar-refractivity contribution in [2.45, 2.75) is 26.8 Å². The maximum absolute atomic E-state index is 11.1. The number of nitrogens with two attached hydrogens (primary N) is 1. The van der Waals surface area contributed by atoms with Gasteiger partial charge in [0.2, 0.25) is 6.41 Å². The average Bonchev–Trinajstić information content (AvgIpc) is 2.37. The molecule has 0 saturated heterocycles. The maximum atomic E-state index is 11.1. The number of aromatic nitrogens is 2. The van der Waals surface area contributed by atoms with Crippen molar-refractivity contribution in [1.29, 1.82) is 0 Å². The molecule has 104 valence electrons. The van der Waals surface area contributed by atoms with Crippen molar-refractivity contribution in [2.24, 2.45) is 0 Å². The minimum absolute atomic E-state index is 0. The second kappa shape index (κ2) is 9.25. The van der Waals surface area contributed by atoms with Crippen LogP contribution in [0.3, 0.4) is 0 Å². The molecule has 3 N–H and O–H groups in total. The van der Waals surface area contributed by atoms with Crippen LogP contribution in [0.15, 0.2) is 16.8 Å². The first kappa shape index (κ1) is 19.3. The summed E-state index contributed by atoms with van der Waals surface area (Å²) in [5.41, 5.74) is 7.06. The third kappa shape index (κ3) is 5.34. The standard InChI is InChI=1S/C12H18N4O2S.Na/c1-8(11(19)3-4-17)16(7-18)6-10-5-14-9(2)15-12(10)13;/h5,7,17,19H,3-4,6H2,1-2H3,(H2,13,14,15);/q;+1/p-1/b11-8-;. The summed E-state index contributed by atoms with van der Waals surface area (Å²) in [6.45, 7) is 3.69. The van der Waals surface area contributed by atoms with Crippen LogP contribution in [0.1, 0.15) is 24.7 Å². The number of hydrogen-bond donors (Lipinski definition) is 2. The number of aliphatic hydroxyl groups is 1. The molecular formula is C12H17N4NaO2S. The number of nitrogen functional groups attached to an aromatic ring is 1. The van der Waals surface area contributed by atoms with E-state index in [0.717, 1.165) is 0 Å². The molecule has 20 heavy (non-hydrogen) atoms. The smallest absolute Gasteiger partial charge is 0.782 e. The molecule has 0 aliphatic rings. The fraction of sp³-hybridized carbons (Fsp3) is 0.417. The summed E-state index contributed by atoms with van der Waals surface area (Å²) in [6.07, 6.45) is 2.63. The normalized spacial score (nSPS) is 11.3. The Morgan fingerprint density at radius 1 is 1.60 bits per heavy atom. The molecular weight excluding hydrogens is 287 g/mol. The van der Waals surface area contributed by atoms with E-state index in [2.05, 4.69) is 9.97 Å². The van der Waals surface area contributed by atoms with Gasteiger partial charge in [0.1, 0.15) is 11.6 Å². The molecule has 1 rings (SSSR count). The fourth-order valence-electron chi connectivity index (χ4n) is 1.50. The van der Waals surface area contributed by atoms with Gasteiger partial charge in [0.15, 0.2) is 0 Å². The number of carbonyl (C=O) groups is 1. The van der Waals surface area contributed by atoms with E-state index in [1.807, 2.05) is 0 Å². The van der Waals surface area contributed by atoms with Crippen LogP contribution in [-0.2, 0) is 24.0 Å². The number of aryl methyl sites for hydroxylation is 1. The van der Waals surface area contributed by atoms with Gasteiger partial charge >= 0.3 is 29.6 Å². The van der Waals surface area contributed by atoms with Gasteiger partial charge in [-0.2, -0.15) is 4.91 Å². The van der Waals surface area contributed by atoms with Crippen LogP contribution < -0.4 is 35.3 Å². The first-order valence-corrected chi connectivity index (χ1v) is 6.18. The van der Waals surface area contributed by atoms with Crippen molar-refractivity contribution in [3.8, 4) is 0 Å². The molecule has 0 aliphatic carbocycles. The third-order valence-electron chi connectivity index (χ3n) is 2.66. The molecule has 0 saturated carbocycles. The second-order valence-corrected chi connectivity index (χ2v) is 4.54. The Labute approximate surface area is 146 Å². The van der Waals surface area contributed by atoms with E-state index in [1.54, 1.807) is 20.0 Å². The van der Waals surface area contributed by atoms with Gasteiger partial charge in [-0.3, -0.25) is 4.79 Å². The number of anilines is 1. The zero-order valence-corrected chi connectivity index (χ0v) is 14.8. The number of nitrogens with zero attached hydrogens (tertiary/aromatic N) is 3. The van der Waals surface area contributed by atoms with E-state index in [0.29, 0.717) is 40.6 Å². The van der Waals surface area contributed by atoms with Crippen molar-refractivity contribution in [2.75, 3.05) is 12.3 Å². The fourth-order valence-corrected chi connectivity index (χ4v) is 1.70. The number of hydrogen-bond acceptors (Lipinski definition) is 6. The van der Waals surface area contributed by atoms with Crippen molar-refractivity contribution in [3.63, 3.8) is 0 Å². The summed E-state index contributed by atoms with van der Waals surface area (Å²) in [4.78, 5) is 21.2. The van der Waals surface area contributed by atoms with E-state index >= 15 is 0 Å². The van der Waals surface area contributed by atoms with Gasteiger partial charge in [-0.05, 0) is 26.0 Å². The molecule has 1 amide bonds. The van der Waals surface area contributed by atoms with Crippen LogP contribution >= 0.6 is 0 Å². The second-order valence-electron chi connectivity index (χ2n) is 4.04. The molecule has 8 heteroatoms. The summed E-state index contributed by atoms with van der Waals surface area (Å²) in [7, 11) is 0. The quantitative estimate of drug-likeness (QED) is 0.343. The van der Waals surface area contributed by atoms with E-state index in [1.165, 1.54) is 4.90 Å². The Hall–Kier alpha value is -0.730. The predicted octanol–water partition coefficient (Wildman–Crippen LogP) is -2.51. The Morgan fingerprint density at radius 2 is 2.25 bits per heavy atom. The van der Waals surface area contributed by atoms with E-state index in [9.17, 15) is 4.79 Å². The van der Waals surface area contributed by atoms with Crippen LogP contribution in [0.2, 0.25) is 0 Å². The summed E-state index contributed by atoms with van der Waals surface area (Å²) in [5, 5.41) is 8.86. The van der Waals surface area contributed by atoms with Gasteiger partial charge in [-0.15, -0.1) is 0 Å². The zero-order valence-electron chi connectivity index (χ0n) is 12.0. The monoisotopic (exact) mass is 304 g/mol. The molecule has 0 aromatic carbocycles. The number of allylic oxidation sites excluding steroid dienone is 1. The predicted molar refractivity (Wildman–Crippen MR) is 74.6 cm³/mol. The molecule has 0 bridgehead atoms. The summed E-state index contributed by atoms with van der Waals surface area (Å²) in [6, 6.07) is 0. The molecule has 0 spiro atoms. The van der Waals surface area contributed by atoms with Crippen molar-refractivity contribution in [3.05, 3.63) is 28.2 Å². The van der Waals surface area contributed by atoms with Gasteiger partial charge < -0.3 is 28.4 Å². The average molecular weight is 304 g/mol. The molecule has 1 aromatic rings. The Kier molecular flexibility index (Phi) is 8.91. The van der Waals surface area contributed by atoms with Crippen LogP contribution in [-0.4, -0.2) is 33.0 Å². The van der Waals surface area contributed by atoms with Crippen molar-refractivity contribution in [1.82, 2.24) is 14.9 Å². The van der Waals surface area contributed by atoms with Gasteiger partial charge in [0, 0.05) is 18.4 Å². The largest absolute Gasteiger partial charge is 1.00 e. The van der Waals surface area contributed by atoms with Gasteiger partial charge in [-0.25, -0.2) is 9.97 Å². The van der Waals surface area contributed by atoms with Crippen molar-refractivity contribution < 1.29 is 39.5 Å². The molecule has 1 aromatic heterocycles. The van der Waals surface area contributed by atoms with Crippen LogP contribution in [0.5, 0.6) is 0 Å². The summed E-state index contributed by atoms with van der Waals surface area (Å²) in [5.74, 6) is 0.927. The molecule has 0 fully saturated rings. The molecule has 6 nitrogen and oxygen atoms in total. The van der Waals surface area contributed by atoms with Gasteiger partial charge in [-0.1, -0.05) is 0 Å². The van der Waals surface area contributed by atoms with E-state index in [4.69, 9.17) is 23.5 Å².